The SMILES string of the molecule is C#CCNC(=O)CN[C@@H](c1ccc(F)cc1)C(C)(C)C. The van der Waals surface area contributed by atoms with E-state index in [0.29, 0.717) is 0 Å². The molecule has 1 amide bonds. The van der Waals surface area contributed by atoms with Crippen molar-refractivity contribution < 1.29 is 9.18 Å². The molecule has 0 saturated carbocycles. The molecule has 0 aromatic heterocycles. The molecule has 0 radical (unpaired) electrons. The maximum absolute atomic E-state index is 13.0. The summed E-state index contributed by atoms with van der Waals surface area (Å²) in [5.74, 6) is 1.93. The fourth-order valence-corrected chi connectivity index (χ4v) is 1.99. The molecular formula is C16H21FN2O. The quantitative estimate of drug-likeness (QED) is 0.810. The van der Waals surface area contributed by atoms with Crippen molar-refractivity contribution in [3.05, 3.63) is 35.6 Å². The van der Waals surface area contributed by atoms with E-state index in [9.17, 15) is 9.18 Å². The molecule has 0 unspecified atom stereocenters. The molecule has 4 heteroatoms. The molecule has 1 aromatic rings. The van der Waals surface area contributed by atoms with Crippen LogP contribution < -0.4 is 10.6 Å². The summed E-state index contributed by atoms with van der Waals surface area (Å²) in [6.45, 7) is 6.58. The Morgan fingerprint density at radius 1 is 1.35 bits per heavy atom. The van der Waals surface area contributed by atoms with Crippen LogP contribution in [0.2, 0.25) is 0 Å². The molecule has 0 aliphatic carbocycles. The molecule has 20 heavy (non-hydrogen) atoms. The lowest BCUT2D eigenvalue weighted by atomic mass is 9.82. The molecule has 0 aliphatic heterocycles. The van der Waals surface area contributed by atoms with E-state index in [4.69, 9.17) is 6.42 Å². The van der Waals surface area contributed by atoms with Crippen molar-refractivity contribution in [2.24, 2.45) is 5.41 Å². The van der Waals surface area contributed by atoms with Crippen LogP contribution in [0.25, 0.3) is 0 Å². The van der Waals surface area contributed by atoms with Gasteiger partial charge in [-0.05, 0) is 23.1 Å². The minimum Gasteiger partial charge on any atom is -0.344 e. The molecule has 0 aliphatic rings. The molecular weight excluding hydrogens is 255 g/mol. The number of halogens is 1. The number of nitrogens with one attached hydrogen (secondary N) is 2. The highest BCUT2D eigenvalue weighted by Crippen LogP contribution is 2.32. The van der Waals surface area contributed by atoms with E-state index < -0.39 is 0 Å². The summed E-state index contributed by atoms with van der Waals surface area (Å²) >= 11 is 0. The Kier molecular flexibility index (Phi) is 5.72. The van der Waals surface area contributed by atoms with Gasteiger partial charge in [-0.15, -0.1) is 6.42 Å². The fourth-order valence-electron chi connectivity index (χ4n) is 1.99. The van der Waals surface area contributed by atoms with Crippen LogP contribution in [-0.2, 0) is 4.79 Å². The van der Waals surface area contributed by atoms with Crippen molar-refractivity contribution in [2.45, 2.75) is 26.8 Å². The smallest absolute Gasteiger partial charge is 0.234 e. The highest BCUT2D eigenvalue weighted by Gasteiger charge is 2.26. The minimum atomic E-state index is -0.270. The Hall–Kier alpha value is -1.86. The third kappa shape index (κ3) is 5.02. The summed E-state index contributed by atoms with van der Waals surface area (Å²) < 4.78 is 13.0. The molecule has 0 fully saturated rings. The largest absolute Gasteiger partial charge is 0.344 e. The van der Waals surface area contributed by atoms with Gasteiger partial charge >= 0.3 is 0 Å². The number of hydrogen-bond donors (Lipinski definition) is 2. The number of hydrogen-bond acceptors (Lipinski definition) is 2. The van der Waals surface area contributed by atoms with Gasteiger partial charge in [0.05, 0.1) is 13.1 Å². The monoisotopic (exact) mass is 276 g/mol. The second-order valence-corrected chi connectivity index (χ2v) is 5.71. The normalized spacial score (nSPS) is 12.6. The van der Waals surface area contributed by atoms with Crippen molar-refractivity contribution in [3.8, 4) is 12.3 Å². The third-order valence-electron chi connectivity index (χ3n) is 2.92. The van der Waals surface area contributed by atoms with E-state index in [0.717, 1.165) is 5.56 Å². The molecule has 0 bridgehead atoms. The van der Waals surface area contributed by atoms with Gasteiger partial charge in [0.15, 0.2) is 0 Å². The molecule has 3 nitrogen and oxygen atoms in total. The highest BCUT2D eigenvalue weighted by molar-refractivity contribution is 5.78. The maximum atomic E-state index is 13.0. The lowest BCUT2D eigenvalue weighted by molar-refractivity contribution is -0.120. The lowest BCUT2D eigenvalue weighted by Crippen LogP contribution is -2.40. The molecule has 1 rings (SSSR count). The number of benzene rings is 1. The maximum Gasteiger partial charge on any atom is 0.234 e. The zero-order valence-corrected chi connectivity index (χ0v) is 12.2. The molecule has 108 valence electrons. The van der Waals surface area contributed by atoms with Gasteiger partial charge in [0.1, 0.15) is 5.82 Å². The zero-order valence-electron chi connectivity index (χ0n) is 12.2. The Morgan fingerprint density at radius 2 is 1.95 bits per heavy atom. The number of rotatable bonds is 5. The minimum absolute atomic E-state index is 0.0558. The number of carbonyl (C=O) groups excluding carboxylic acids is 1. The van der Waals surface area contributed by atoms with Gasteiger partial charge in [-0.1, -0.05) is 38.8 Å². The Morgan fingerprint density at radius 3 is 2.45 bits per heavy atom. The van der Waals surface area contributed by atoms with Crippen molar-refractivity contribution in [1.29, 1.82) is 0 Å². The lowest BCUT2D eigenvalue weighted by Gasteiger charge is -2.32. The van der Waals surface area contributed by atoms with E-state index in [1.54, 1.807) is 12.1 Å². The first-order valence-corrected chi connectivity index (χ1v) is 6.53. The van der Waals surface area contributed by atoms with Crippen molar-refractivity contribution >= 4 is 5.91 Å². The standard InChI is InChI=1S/C16H21FN2O/c1-5-10-18-14(20)11-19-15(16(2,3)4)12-6-8-13(17)9-7-12/h1,6-9,15,19H,10-11H2,2-4H3,(H,18,20)/t15-/m0/s1. The van der Waals surface area contributed by atoms with Gasteiger partial charge in [-0.2, -0.15) is 0 Å². The average molecular weight is 276 g/mol. The Bertz CT molecular complexity index is 483. The first-order valence-electron chi connectivity index (χ1n) is 6.53. The molecule has 0 spiro atoms. The fraction of sp³-hybridized carbons (Fsp3) is 0.438. The molecule has 1 atom stereocenters. The van der Waals surface area contributed by atoms with Crippen LogP contribution in [0.3, 0.4) is 0 Å². The summed E-state index contributed by atoms with van der Waals surface area (Å²) in [6, 6.07) is 6.26. The molecule has 0 heterocycles. The van der Waals surface area contributed by atoms with Gasteiger partial charge in [0, 0.05) is 6.04 Å². The van der Waals surface area contributed by atoms with Crippen LogP contribution in [0.4, 0.5) is 4.39 Å². The first-order chi connectivity index (χ1) is 9.34. The van der Waals surface area contributed by atoms with Gasteiger partial charge in [0.25, 0.3) is 0 Å². The van der Waals surface area contributed by atoms with Gasteiger partial charge < -0.3 is 10.6 Å². The van der Waals surface area contributed by atoms with E-state index >= 15 is 0 Å². The third-order valence-corrected chi connectivity index (χ3v) is 2.92. The number of amides is 1. The summed E-state index contributed by atoms with van der Waals surface area (Å²) in [5, 5.41) is 5.80. The Labute approximate surface area is 120 Å². The van der Waals surface area contributed by atoms with Crippen molar-refractivity contribution in [3.63, 3.8) is 0 Å². The summed E-state index contributed by atoms with van der Waals surface area (Å²) in [6.07, 6.45) is 5.09. The molecule has 0 saturated heterocycles. The molecule has 2 N–H and O–H groups in total. The van der Waals surface area contributed by atoms with Crippen molar-refractivity contribution in [2.75, 3.05) is 13.1 Å². The van der Waals surface area contributed by atoms with Crippen molar-refractivity contribution in [1.82, 2.24) is 10.6 Å². The summed E-state index contributed by atoms with van der Waals surface area (Å²) in [7, 11) is 0. The predicted octanol–water partition coefficient (Wildman–Crippen LogP) is 2.25. The summed E-state index contributed by atoms with van der Waals surface area (Å²) in [5.41, 5.74) is 0.841. The first kappa shape index (κ1) is 16.2. The van der Waals surface area contributed by atoms with E-state index in [1.165, 1.54) is 12.1 Å². The average Bonchev–Trinajstić information content (AvgIpc) is 2.37. The van der Waals surface area contributed by atoms with Crippen LogP contribution in [0.5, 0.6) is 0 Å². The van der Waals surface area contributed by atoms with Crippen LogP contribution in [-0.4, -0.2) is 19.0 Å². The van der Waals surface area contributed by atoms with E-state index in [-0.39, 0.29) is 36.3 Å². The van der Waals surface area contributed by atoms with Gasteiger partial charge in [-0.25, -0.2) is 4.39 Å². The van der Waals surface area contributed by atoms with Crippen LogP contribution >= 0.6 is 0 Å². The van der Waals surface area contributed by atoms with Gasteiger partial charge in [0.2, 0.25) is 5.91 Å². The predicted molar refractivity (Wildman–Crippen MR) is 78.4 cm³/mol. The second-order valence-electron chi connectivity index (χ2n) is 5.71. The number of terminal acetylenes is 1. The van der Waals surface area contributed by atoms with Crippen LogP contribution in [0, 0.1) is 23.6 Å². The summed E-state index contributed by atoms with van der Waals surface area (Å²) in [4.78, 5) is 11.6. The second kappa shape index (κ2) is 7.06. The van der Waals surface area contributed by atoms with Gasteiger partial charge in [-0.3, -0.25) is 4.79 Å². The van der Waals surface area contributed by atoms with Crippen LogP contribution in [0.1, 0.15) is 32.4 Å². The Balaban J connectivity index is 2.74. The molecule has 1 aromatic carbocycles. The highest BCUT2D eigenvalue weighted by atomic mass is 19.1. The zero-order chi connectivity index (χ0) is 15.2. The topological polar surface area (TPSA) is 41.1 Å². The van der Waals surface area contributed by atoms with Crippen LogP contribution in [0.15, 0.2) is 24.3 Å². The number of carbonyl (C=O) groups is 1. The van der Waals surface area contributed by atoms with E-state index in [2.05, 4.69) is 37.3 Å². The van der Waals surface area contributed by atoms with E-state index in [1.807, 2.05) is 0 Å².